The van der Waals surface area contributed by atoms with Gasteiger partial charge in [-0.1, -0.05) is 13.0 Å². The van der Waals surface area contributed by atoms with E-state index in [4.69, 9.17) is 4.74 Å². The van der Waals surface area contributed by atoms with Crippen LogP contribution in [-0.2, 0) is 4.74 Å². The zero-order chi connectivity index (χ0) is 10.9. The van der Waals surface area contributed by atoms with E-state index in [0.29, 0.717) is 6.04 Å². The van der Waals surface area contributed by atoms with Crippen LogP contribution in [0, 0.1) is 0 Å². The molecular formula is C12H20N2O. The lowest BCUT2D eigenvalue weighted by atomic mass is 10.1. The molecule has 1 aromatic rings. The summed E-state index contributed by atoms with van der Waals surface area (Å²) >= 11 is 0. The summed E-state index contributed by atoms with van der Waals surface area (Å²) in [5.74, 6) is 0. The Balaban J connectivity index is 2.36. The smallest absolute Gasteiger partial charge is 0.0484 e. The van der Waals surface area contributed by atoms with E-state index in [2.05, 4.69) is 23.3 Å². The van der Waals surface area contributed by atoms with Crippen LogP contribution in [0.15, 0.2) is 24.5 Å². The van der Waals surface area contributed by atoms with Crippen LogP contribution in [0.1, 0.15) is 31.4 Å². The van der Waals surface area contributed by atoms with Gasteiger partial charge >= 0.3 is 0 Å². The highest BCUT2D eigenvalue weighted by atomic mass is 16.5. The number of hydrogen-bond acceptors (Lipinski definition) is 3. The molecule has 15 heavy (non-hydrogen) atoms. The van der Waals surface area contributed by atoms with Gasteiger partial charge in [-0.3, -0.25) is 4.98 Å². The van der Waals surface area contributed by atoms with Gasteiger partial charge in [0.2, 0.25) is 0 Å². The summed E-state index contributed by atoms with van der Waals surface area (Å²) in [7, 11) is 1.97. The Bertz CT molecular complexity index is 251. The molecule has 0 saturated heterocycles. The molecule has 1 rings (SSSR count). The molecule has 1 atom stereocenters. The molecule has 0 bridgehead atoms. The van der Waals surface area contributed by atoms with Gasteiger partial charge in [-0.05, 0) is 31.5 Å². The first kappa shape index (κ1) is 12.1. The minimum absolute atomic E-state index is 0.343. The van der Waals surface area contributed by atoms with Crippen LogP contribution in [0.3, 0.4) is 0 Å². The first-order chi connectivity index (χ1) is 7.38. The van der Waals surface area contributed by atoms with Crippen molar-refractivity contribution >= 4 is 0 Å². The third-order valence-corrected chi connectivity index (χ3v) is 2.33. The average Bonchev–Trinajstić information content (AvgIpc) is 2.30. The van der Waals surface area contributed by atoms with E-state index in [1.807, 2.05) is 19.3 Å². The maximum atomic E-state index is 5.48. The van der Waals surface area contributed by atoms with Crippen molar-refractivity contribution < 1.29 is 4.74 Å². The third kappa shape index (κ3) is 4.40. The molecule has 0 saturated carbocycles. The van der Waals surface area contributed by atoms with Crippen LogP contribution >= 0.6 is 0 Å². The van der Waals surface area contributed by atoms with Crippen molar-refractivity contribution in [2.45, 2.75) is 25.8 Å². The van der Waals surface area contributed by atoms with Crippen LogP contribution in [0.5, 0.6) is 0 Å². The van der Waals surface area contributed by atoms with Crippen molar-refractivity contribution in [3.8, 4) is 0 Å². The lowest BCUT2D eigenvalue weighted by molar-refractivity contribution is 0.125. The number of pyridine rings is 1. The predicted molar refractivity (Wildman–Crippen MR) is 61.8 cm³/mol. The second-order valence-electron chi connectivity index (χ2n) is 3.53. The van der Waals surface area contributed by atoms with Crippen LogP contribution in [0.25, 0.3) is 0 Å². The van der Waals surface area contributed by atoms with Crippen molar-refractivity contribution in [3.05, 3.63) is 30.1 Å². The van der Waals surface area contributed by atoms with Gasteiger partial charge in [0.05, 0.1) is 0 Å². The van der Waals surface area contributed by atoms with Crippen LogP contribution in [0.4, 0.5) is 0 Å². The Morgan fingerprint density at radius 3 is 2.93 bits per heavy atom. The van der Waals surface area contributed by atoms with E-state index in [1.165, 1.54) is 5.56 Å². The highest BCUT2D eigenvalue weighted by molar-refractivity contribution is 5.13. The first-order valence-electron chi connectivity index (χ1n) is 5.53. The molecule has 3 heteroatoms. The maximum absolute atomic E-state index is 5.48. The second kappa shape index (κ2) is 7.37. The summed E-state index contributed by atoms with van der Waals surface area (Å²) in [5, 5.41) is 3.28. The highest BCUT2D eigenvalue weighted by Crippen LogP contribution is 2.14. The lowest BCUT2D eigenvalue weighted by Gasteiger charge is -2.15. The van der Waals surface area contributed by atoms with Crippen LogP contribution in [-0.4, -0.2) is 25.2 Å². The van der Waals surface area contributed by atoms with E-state index >= 15 is 0 Å². The Morgan fingerprint density at radius 2 is 2.33 bits per heavy atom. The van der Waals surface area contributed by atoms with Crippen molar-refractivity contribution in [2.24, 2.45) is 0 Å². The topological polar surface area (TPSA) is 34.1 Å². The number of hydrogen-bond donors (Lipinski definition) is 1. The van der Waals surface area contributed by atoms with Gasteiger partial charge in [0, 0.05) is 31.6 Å². The molecule has 0 radical (unpaired) electrons. The molecule has 0 aliphatic heterocycles. The fourth-order valence-electron chi connectivity index (χ4n) is 1.51. The summed E-state index contributed by atoms with van der Waals surface area (Å²) < 4.78 is 5.48. The molecule has 84 valence electrons. The fourth-order valence-corrected chi connectivity index (χ4v) is 1.51. The largest absolute Gasteiger partial charge is 0.381 e. The Morgan fingerprint density at radius 1 is 1.47 bits per heavy atom. The number of aromatic nitrogens is 1. The Labute approximate surface area is 91.9 Å². The summed E-state index contributed by atoms with van der Waals surface area (Å²) in [6.45, 7) is 3.77. The van der Waals surface area contributed by atoms with Gasteiger partial charge in [-0.25, -0.2) is 0 Å². The van der Waals surface area contributed by atoms with Gasteiger partial charge in [-0.2, -0.15) is 0 Å². The van der Waals surface area contributed by atoms with Crippen LogP contribution in [0.2, 0.25) is 0 Å². The molecule has 1 aromatic heterocycles. The maximum Gasteiger partial charge on any atom is 0.0484 e. The quantitative estimate of drug-likeness (QED) is 0.697. The fraction of sp³-hybridized carbons (Fsp3) is 0.583. The molecule has 3 nitrogen and oxygen atoms in total. The monoisotopic (exact) mass is 208 g/mol. The molecule has 1 heterocycles. The highest BCUT2D eigenvalue weighted by Gasteiger charge is 2.08. The van der Waals surface area contributed by atoms with Gasteiger partial charge in [0.25, 0.3) is 0 Å². The zero-order valence-electron chi connectivity index (χ0n) is 9.57. The normalized spacial score (nSPS) is 12.7. The molecule has 0 aliphatic carbocycles. The molecule has 0 aliphatic rings. The molecule has 0 amide bonds. The van der Waals surface area contributed by atoms with Gasteiger partial charge in [-0.15, -0.1) is 0 Å². The van der Waals surface area contributed by atoms with Gasteiger partial charge in [0.1, 0.15) is 0 Å². The second-order valence-corrected chi connectivity index (χ2v) is 3.53. The van der Waals surface area contributed by atoms with E-state index in [0.717, 1.165) is 26.1 Å². The van der Waals surface area contributed by atoms with Crippen LogP contribution < -0.4 is 5.32 Å². The zero-order valence-corrected chi connectivity index (χ0v) is 9.57. The van der Waals surface area contributed by atoms with Crippen molar-refractivity contribution in [1.82, 2.24) is 10.3 Å². The number of nitrogens with one attached hydrogen (secondary N) is 1. The Kier molecular flexibility index (Phi) is 5.97. The van der Waals surface area contributed by atoms with Crippen molar-refractivity contribution in [3.63, 3.8) is 0 Å². The van der Waals surface area contributed by atoms with Gasteiger partial charge in [0.15, 0.2) is 0 Å². The molecule has 0 aromatic carbocycles. The molecule has 1 N–H and O–H groups in total. The summed E-state index contributed by atoms with van der Waals surface area (Å²) in [6, 6.07) is 4.40. The van der Waals surface area contributed by atoms with Crippen molar-refractivity contribution in [1.29, 1.82) is 0 Å². The summed E-state index contributed by atoms with van der Waals surface area (Å²) in [6.07, 6.45) is 5.77. The molecule has 0 spiro atoms. The minimum Gasteiger partial charge on any atom is -0.381 e. The first-order valence-corrected chi connectivity index (χ1v) is 5.53. The number of rotatable bonds is 7. The van der Waals surface area contributed by atoms with E-state index in [1.54, 1.807) is 6.20 Å². The summed E-state index contributed by atoms with van der Waals surface area (Å²) in [5.41, 5.74) is 1.22. The lowest BCUT2D eigenvalue weighted by Crippen LogP contribution is -2.18. The minimum atomic E-state index is 0.343. The molecule has 0 fully saturated rings. The van der Waals surface area contributed by atoms with E-state index in [9.17, 15) is 0 Å². The predicted octanol–water partition coefficient (Wildman–Crippen LogP) is 2.16. The summed E-state index contributed by atoms with van der Waals surface area (Å²) in [4.78, 5) is 4.12. The van der Waals surface area contributed by atoms with E-state index in [-0.39, 0.29) is 0 Å². The standard InChI is InChI=1S/C12H20N2O/c1-3-8-15-9-6-12(13-2)11-5-4-7-14-10-11/h4-5,7,10,12-13H,3,6,8-9H2,1-2H3. The Hall–Kier alpha value is -0.930. The third-order valence-electron chi connectivity index (χ3n) is 2.33. The number of ether oxygens (including phenoxy) is 1. The molecule has 1 unspecified atom stereocenters. The average molecular weight is 208 g/mol. The molecular weight excluding hydrogens is 188 g/mol. The SMILES string of the molecule is CCCOCCC(NC)c1cccnc1. The number of nitrogens with zero attached hydrogens (tertiary/aromatic N) is 1. The van der Waals surface area contributed by atoms with Gasteiger partial charge < -0.3 is 10.1 Å². The van der Waals surface area contributed by atoms with Crippen molar-refractivity contribution in [2.75, 3.05) is 20.3 Å². The van der Waals surface area contributed by atoms with E-state index < -0.39 is 0 Å².